The van der Waals surface area contributed by atoms with E-state index in [-0.39, 0.29) is 0 Å². The van der Waals surface area contributed by atoms with Gasteiger partial charge >= 0.3 is 0 Å². The van der Waals surface area contributed by atoms with Crippen LogP contribution in [0.2, 0.25) is 0 Å². The van der Waals surface area contributed by atoms with Gasteiger partial charge in [0.2, 0.25) is 0 Å². The molecular weight excluding hydrogens is 228 g/mol. The highest BCUT2D eigenvalue weighted by Gasteiger charge is 2.20. The molecule has 0 aliphatic carbocycles. The fraction of sp³-hybridized carbons (Fsp3) is 0.538. The number of aliphatic hydroxyl groups excluding tert-OH is 1. The minimum Gasteiger partial charge on any atom is -0.379 e. The minimum atomic E-state index is -0.715. The molecule has 0 spiro atoms. The van der Waals surface area contributed by atoms with Crippen LogP contribution in [0.1, 0.15) is 44.1 Å². The van der Waals surface area contributed by atoms with Gasteiger partial charge in [-0.1, -0.05) is 6.92 Å². The summed E-state index contributed by atoms with van der Waals surface area (Å²) < 4.78 is 3.79. The lowest BCUT2D eigenvalue weighted by molar-refractivity contribution is 0.193. The summed E-state index contributed by atoms with van der Waals surface area (Å²) in [6.07, 6.45) is 3.75. The standard InChI is InChI=1S/C13H20N4O/c1-4-10-9-11(17(6-3)15-10)12(18)13-14-7-8-16(13)5-2/h7-9,12,18H,4-6H2,1-3H3. The van der Waals surface area contributed by atoms with Gasteiger partial charge in [-0.3, -0.25) is 4.68 Å². The van der Waals surface area contributed by atoms with Crippen LogP contribution < -0.4 is 0 Å². The molecular formula is C13H20N4O. The highest BCUT2D eigenvalue weighted by molar-refractivity contribution is 5.19. The zero-order chi connectivity index (χ0) is 13.1. The van der Waals surface area contributed by atoms with Gasteiger partial charge < -0.3 is 9.67 Å². The zero-order valence-corrected chi connectivity index (χ0v) is 11.2. The molecule has 0 saturated carbocycles. The van der Waals surface area contributed by atoms with Crippen molar-refractivity contribution in [3.63, 3.8) is 0 Å². The van der Waals surface area contributed by atoms with Crippen LogP contribution in [0.3, 0.4) is 0 Å². The highest BCUT2D eigenvalue weighted by Crippen LogP contribution is 2.21. The Morgan fingerprint density at radius 1 is 1.28 bits per heavy atom. The normalized spacial score (nSPS) is 12.9. The van der Waals surface area contributed by atoms with Gasteiger partial charge in [0.15, 0.2) is 6.10 Å². The Labute approximate surface area is 107 Å². The van der Waals surface area contributed by atoms with Crippen molar-refractivity contribution in [1.82, 2.24) is 19.3 Å². The molecule has 2 rings (SSSR count). The second-order valence-electron chi connectivity index (χ2n) is 4.20. The van der Waals surface area contributed by atoms with Crippen LogP contribution in [0.4, 0.5) is 0 Å². The largest absolute Gasteiger partial charge is 0.379 e. The van der Waals surface area contributed by atoms with Crippen LogP contribution in [0.15, 0.2) is 18.5 Å². The molecule has 0 bridgehead atoms. The summed E-state index contributed by atoms with van der Waals surface area (Å²) in [6.45, 7) is 7.67. The summed E-state index contributed by atoms with van der Waals surface area (Å²) in [6, 6.07) is 1.96. The van der Waals surface area contributed by atoms with Crippen molar-refractivity contribution in [3.8, 4) is 0 Å². The van der Waals surface area contributed by atoms with Gasteiger partial charge in [-0.25, -0.2) is 4.98 Å². The fourth-order valence-electron chi connectivity index (χ4n) is 2.10. The van der Waals surface area contributed by atoms with E-state index in [2.05, 4.69) is 17.0 Å². The van der Waals surface area contributed by atoms with E-state index in [9.17, 15) is 5.11 Å². The van der Waals surface area contributed by atoms with E-state index >= 15 is 0 Å². The lowest BCUT2D eigenvalue weighted by Crippen LogP contribution is -2.13. The molecule has 0 amide bonds. The second kappa shape index (κ2) is 5.35. The maximum Gasteiger partial charge on any atom is 0.153 e. The Hall–Kier alpha value is -1.62. The number of nitrogens with zero attached hydrogens (tertiary/aromatic N) is 4. The first-order valence-corrected chi connectivity index (χ1v) is 6.46. The van der Waals surface area contributed by atoms with Gasteiger partial charge in [0, 0.05) is 25.5 Å². The van der Waals surface area contributed by atoms with Crippen molar-refractivity contribution in [3.05, 3.63) is 35.7 Å². The molecule has 2 heterocycles. The molecule has 2 aromatic heterocycles. The molecule has 0 radical (unpaired) electrons. The molecule has 0 aliphatic heterocycles. The van der Waals surface area contributed by atoms with Crippen LogP contribution in [-0.4, -0.2) is 24.4 Å². The molecule has 1 atom stereocenters. The van der Waals surface area contributed by atoms with E-state index in [0.717, 1.165) is 30.9 Å². The molecule has 0 saturated heterocycles. The molecule has 1 N–H and O–H groups in total. The van der Waals surface area contributed by atoms with Gasteiger partial charge in [0.1, 0.15) is 5.82 Å². The summed E-state index contributed by atoms with van der Waals surface area (Å²) in [5.74, 6) is 0.676. The Morgan fingerprint density at radius 2 is 2.06 bits per heavy atom. The average molecular weight is 248 g/mol. The van der Waals surface area contributed by atoms with Crippen LogP contribution >= 0.6 is 0 Å². The molecule has 5 nitrogen and oxygen atoms in total. The van der Waals surface area contributed by atoms with Crippen molar-refractivity contribution < 1.29 is 5.11 Å². The molecule has 98 valence electrons. The third-order valence-corrected chi connectivity index (χ3v) is 3.14. The summed E-state index contributed by atoms with van der Waals surface area (Å²) in [5.41, 5.74) is 1.82. The van der Waals surface area contributed by atoms with Crippen molar-refractivity contribution in [2.75, 3.05) is 0 Å². The third-order valence-electron chi connectivity index (χ3n) is 3.14. The smallest absolute Gasteiger partial charge is 0.153 e. The number of aliphatic hydroxyl groups is 1. The first-order valence-electron chi connectivity index (χ1n) is 6.46. The Bertz CT molecular complexity index is 515. The fourth-order valence-corrected chi connectivity index (χ4v) is 2.10. The maximum atomic E-state index is 10.5. The van der Waals surface area contributed by atoms with Gasteiger partial charge in [-0.05, 0) is 26.3 Å². The number of aryl methyl sites for hydroxylation is 3. The first-order chi connectivity index (χ1) is 8.71. The molecule has 5 heteroatoms. The Balaban J connectivity index is 2.38. The summed E-state index contributed by atoms with van der Waals surface area (Å²) in [5, 5.41) is 14.9. The van der Waals surface area contributed by atoms with E-state index in [4.69, 9.17) is 0 Å². The SMILES string of the molecule is CCc1cc(C(O)c2nccn2CC)n(CC)n1. The molecule has 18 heavy (non-hydrogen) atoms. The van der Waals surface area contributed by atoms with E-state index in [1.807, 2.05) is 35.4 Å². The van der Waals surface area contributed by atoms with Crippen LogP contribution in [0.5, 0.6) is 0 Å². The van der Waals surface area contributed by atoms with Crippen molar-refractivity contribution in [1.29, 1.82) is 0 Å². The van der Waals surface area contributed by atoms with Crippen LogP contribution in [-0.2, 0) is 19.5 Å². The maximum absolute atomic E-state index is 10.5. The van der Waals surface area contributed by atoms with Gasteiger partial charge in [0.25, 0.3) is 0 Å². The van der Waals surface area contributed by atoms with Crippen molar-refractivity contribution >= 4 is 0 Å². The summed E-state index contributed by atoms with van der Waals surface area (Å²) >= 11 is 0. The van der Waals surface area contributed by atoms with Crippen LogP contribution in [0.25, 0.3) is 0 Å². The Kier molecular flexibility index (Phi) is 3.81. The van der Waals surface area contributed by atoms with Crippen molar-refractivity contribution in [2.24, 2.45) is 0 Å². The quantitative estimate of drug-likeness (QED) is 0.877. The lowest BCUT2D eigenvalue weighted by atomic mass is 10.2. The lowest BCUT2D eigenvalue weighted by Gasteiger charge is -2.13. The van der Waals surface area contributed by atoms with Gasteiger partial charge in [-0.15, -0.1) is 0 Å². The number of rotatable bonds is 5. The van der Waals surface area contributed by atoms with Crippen molar-refractivity contribution in [2.45, 2.75) is 46.4 Å². The Morgan fingerprint density at radius 3 is 2.67 bits per heavy atom. The molecule has 2 aromatic rings. The minimum absolute atomic E-state index is 0.676. The van der Waals surface area contributed by atoms with E-state index < -0.39 is 6.10 Å². The number of hydrogen-bond donors (Lipinski definition) is 1. The van der Waals surface area contributed by atoms with Gasteiger partial charge in [0.05, 0.1) is 11.4 Å². The second-order valence-corrected chi connectivity index (χ2v) is 4.20. The van der Waals surface area contributed by atoms with Crippen LogP contribution in [0, 0.1) is 0 Å². The highest BCUT2D eigenvalue weighted by atomic mass is 16.3. The van der Waals surface area contributed by atoms with E-state index in [1.165, 1.54) is 0 Å². The number of hydrogen-bond acceptors (Lipinski definition) is 3. The number of imidazole rings is 1. The molecule has 0 aliphatic rings. The summed E-state index contributed by atoms with van der Waals surface area (Å²) in [7, 11) is 0. The van der Waals surface area contributed by atoms with E-state index in [1.54, 1.807) is 6.20 Å². The monoisotopic (exact) mass is 248 g/mol. The molecule has 0 fully saturated rings. The molecule has 1 unspecified atom stereocenters. The molecule has 0 aromatic carbocycles. The number of aromatic nitrogens is 4. The first kappa shape index (κ1) is 12.8. The predicted octanol–water partition coefficient (Wildman–Crippen LogP) is 1.76. The summed E-state index contributed by atoms with van der Waals surface area (Å²) in [4.78, 5) is 4.25. The topological polar surface area (TPSA) is 55.9 Å². The van der Waals surface area contributed by atoms with Gasteiger partial charge in [-0.2, -0.15) is 5.10 Å². The van der Waals surface area contributed by atoms with E-state index in [0.29, 0.717) is 5.82 Å². The third kappa shape index (κ3) is 2.18. The average Bonchev–Trinajstić information content (AvgIpc) is 3.03. The predicted molar refractivity (Wildman–Crippen MR) is 69.2 cm³/mol. The zero-order valence-electron chi connectivity index (χ0n) is 11.2.